The molecule has 3 aromatic rings. The fourth-order valence-electron chi connectivity index (χ4n) is 2.46. The Hall–Kier alpha value is -2.95. The van der Waals surface area contributed by atoms with Crippen LogP contribution in [0.2, 0.25) is 0 Å². The molecule has 0 fully saturated rings. The van der Waals surface area contributed by atoms with Gasteiger partial charge in [-0.2, -0.15) is 0 Å². The number of aryl methyl sites for hydroxylation is 1. The van der Waals surface area contributed by atoms with Crippen molar-refractivity contribution in [2.24, 2.45) is 10.2 Å². The minimum absolute atomic E-state index is 0.0768. The van der Waals surface area contributed by atoms with Crippen molar-refractivity contribution in [2.45, 2.75) is 19.3 Å². The number of amides is 1. The Bertz CT molecular complexity index is 838. The molecule has 0 saturated carbocycles. The van der Waals surface area contributed by atoms with Gasteiger partial charge in [-0.15, -0.1) is 10.2 Å². The zero-order valence-electron chi connectivity index (χ0n) is 12.6. The first-order valence-electron chi connectivity index (χ1n) is 7.52. The van der Waals surface area contributed by atoms with Crippen molar-refractivity contribution in [3.63, 3.8) is 0 Å². The topological polar surface area (TPSA) is 77.8 Å². The van der Waals surface area contributed by atoms with Crippen LogP contribution in [0.4, 0.5) is 5.69 Å². The number of carbonyl (C=O) groups excluding carboxylic acids is 1. The van der Waals surface area contributed by atoms with Gasteiger partial charge in [0, 0.05) is 11.8 Å². The number of hydrogen-bond donors (Lipinski definition) is 2. The van der Waals surface area contributed by atoms with Gasteiger partial charge in [0.1, 0.15) is 0 Å². The van der Waals surface area contributed by atoms with Crippen molar-refractivity contribution in [1.29, 1.82) is 0 Å². The Labute approximate surface area is 133 Å². The molecule has 0 bridgehead atoms. The summed E-state index contributed by atoms with van der Waals surface area (Å²) in [6.07, 6.45) is 1.89. The molecular weight excluding hydrogens is 290 g/mol. The van der Waals surface area contributed by atoms with E-state index in [2.05, 4.69) is 15.2 Å². The third kappa shape index (κ3) is 3.63. The van der Waals surface area contributed by atoms with E-state index in [1.165, 1.54) is 5.56 Å². The number of fused-ring (bicyclic) bond motifs is 1. The van der Waals surface area contributed by atoms with E-state index in [1.54, 1.807) is 0 Å². The second-order valence-electron chi connectivity index (χ2n) is 5.30. The summed E-state index contributed by atoms with van der Waals surface area (Å²) >= 11 is 0. The minimum atomic E-state index is -0.286. The van der Waals surface area contributed by atoms with E-state index in [-0.39, 0.29) is 11.8 Å². The molecule has 1 amide bonds. The van der Waals surface area contributed by atoms with Gasteiger partial charge in [-0.3, -0.25) is 4.79 Å². The van der Waals surface area contributed by atoms with Gasteiger partial charge in [0.15, 0.2) is 5.69 Å². The maximum Gasteiger partial charge on any atom is 0.264 e. The number of aromatic amines is 1. The first-order chi connectivity index (χ1) is 11.2. The summed E-state index contributed by atoms with van der Waals surface area (Å²) in [5.41, 5.74) is 2.26. The highest BCUT2D eigenvalue weighted by Crippen LogP contribution is 2.35. The van der Waals surface area contributed by atoms with Gasteiger partial charge in [0.2, 0.25) is 5.88 Å². The van der Waals surface area contributed by atoms with Crippen molar-refractivity contribution < 1.29 is 9.90 Å². The average molecular weight is 307 g/mol. The van der Waals surface area contributed by atoms with Crippen LogP contribution < -0.4 is 0 Å². The van der Waals surface area contributed by atoms with Crippen LogP contribution >= 0.6 is 0 Å². The average Bonchev–Trinajstić information content (AvgIpc) is 2.89. The molecule has 5 nitrogen and oxygen atoms in total. The van der Waals surface area contributed by atoms with E-state index in [0.717, 1.165) is 23.7 Å². The lowest BCUT2D eigenvalue weighted by Gasteiger charge is -1.98. The van der Waals surface area contributed by atoms with Gasteiger partial charge in [0.25, 0.3) is 5.91 Å². The third-order valence-electron chi connectivity index (χ3n) is 3.62. The first kappa shape index (κ1) is 15.0. The molecule has 2 N–H and O–H groups in total. The molecule has 0 aliphatic carbocycles. The minimum Gasteiger partial charge on any atom is -0.493 e. The van der Waals surface area contributed by atoms with Crippen molar-refractivity contribution in [3.05, 3.63) is 60.2 Å². The van der Waals surface area contributed by atoms with Crippen LogP contribution in [0, 0.1) is 0 Å². The molecular formula is C18H17N3O2. The van der Waals surface area contributed by atoms with Gasteiger partial charge in [-0.25, -0.2) is 0 Å². The van der Waals surface area contributed by atoms with Crippen molar-refractivity contribution in [3.8, 4) is 5.88 Å². The van der Waals surface area contributed by atoms with E-state index in [1.807, 2.05) is 54.6 Å². The fourth-order valence-corrected chi connectivity index (χ4v) is 2.46. The molecule has 0 radical (unpaired) electrons. The molecule has 0 unspecified atom stereocenters. The lowest BCUT2D eigenvalue weighted by Crippen LogP contribution is -1.94. The van der Waals surface area contributed by atoms with Gasteiger partial charge in [-0.05, 0) is 24.5 Å². The third-order valence-corrected chi connectivity index (χ3v) is 3.62. The normalized spacial score (nSPS) is 11.3. The highest BCUT2D eigenvalue weighted by Gasteiger charge is 2.10. The molecule has 5 heteroatoms. The van der Waals surface area contributed by atoms with Crippen molar-refractivity contribution in [1.82, 2.24) is 4.98 Å². The predicted molar refractivity (Wildman–Crippen MR) is 88.9 cm³/mol. The number of aromatic nitrogens is 1. The smallest absolute Gasteiger partial charge is 0.264 e. The van der Waals surface area contributed by atoms with E-state index < -0.39 is 0 Å². The lowest BCUT2D eigenvalue weighted by molar-refractivity contribution is -0.118. The maximum atomic E-state index is 11.8. The SMILES string of the molecule is O=C(CCCc1ccccc1)N=Nc1c(O)[nH]c2ccccc12. The van der Waals surface area contributed by atoms with Gasteiger partial charge in [-0.1, -0.05) is 48.5 Å². The predicted octanol–water partition coefficient (Wildman–Crippen LogP) is 4.51. The molecule has 23 heavy (non-hydrogen) atoms. The summed E-state index contributed by atoms with van der Waals surface area (Å²) < 4.78 is 0. The summed E-state index contributed by atoms with van der Waals surface area (Å²) in [7, 11) is 0. The number of benzene rings is 2. The Kier molecular flexibility index (Phi) is 4.47. The fraction of sp³-hybridized carbons (Fsp3) is 0.167. The summed E-state index contributed by atoms with van der Waals surface area (Å²) in [4.78, 5) is 14.6. The quantitative estimate of drug-likeness (QED) is 0.680. The van der Waals surface area contributed by atoms with E-state index >= 15 is 0 Å². The molecule has 1 aromatic heterocycles. The zero-order chi connectivity index (χ0) is 16.1. The Morgan fingerprint density at radius 1 is 1.04 bits per heavy atom. The van der Waals surface area contributed by atoms with Crippen LogP contribution in [0.1, 0.15) is 18.4 Å². The number of aromatic hydroxyl groups is 1. The molecule has 2 aromatic carbocycles. The highest BCUT2D eigenvalue weighted by atomic mass is 16.3. The van der Waals surface area contributed by atoms with E-state index in [9.17, 15) is 9.90 Å². The second-order valence-corrected chi connectivity index (χ2v) is 5.30. The number of hydrogen-bond acceptors (Lipinski definition) is 3. The largest absolute Gasteiger partial charge is 0.493 e. The molecule has 3 rings (SSSR count). The Morgan fingerprint density at radius 2 is 1.78 bits per heavy atom. The van der Waals surface area contributed by atoms with Crippen LogP contribution in [0.5, 0.6) is 5.88 Å². The number of nitrogens with zero attached hydrogens (tertiary/aromatic N) is 2. The molecule has 0 aliphatic rings. The van der Waals surface area contributed by atoms with E-state index in [0.29, 0.717) is 12.1 Å². The van der Waals surface area contributed by atoms with Crippen molar-refractivity contribution in [2.75, 3.05) is 0 Å². The molecule has 1 heterocycles. The summed E-state index contributed by atoms with van der Waals surface area (Å²) in [5.74, 6) is -0.363. The van der Waals surface area contributed by atoms with Crippen LogP contribution in [0.25, 0.3) is 10.9 Å². The molecule has 0 saturated heterocycles. The summed E-state index contributed by atoms with van der Waals surface area (Å²) in [6, 6.07) is 17.4. The number of azo groups is 1. The number of rotatable bonds is 5. The second kappa shape index (κ2) is 6.87. The van der Waals surface area contributed by atoms with E-state index in [4.69, 9.17) is 0 Å². The van der Waals surface area contributed by atoms with Crippen LogP contribution in [-0.4, -0.2) is 16.0 Å². The monoisotopic (exact) mass is 307 g/mol. The summed E-state index contributed by atoms with van der Waals surface area (Å²) in [6.45, 7) is 0. The number of nitrogens with one attached hydrogen (secondary N) is 1. The molecule has 116 valence electrons. The summed E-state index contributed by atoms with van der Waals surface area (Å²) in [5, 5.41) is 18.2. The Morgan fingerprint density at radius 3 is 2.61 bits per heavy atom. The van der Waals surface area contributed by atoms with Crippen LogP contribution in [-0.2, 0) is 11.2 Å². The van der Waals surface area contributed by atoms with Crippen LogP contribution in [0.15, 0.2) is 64.8 Å². The molecule has 0 atom stereocenters. The number of carbonyl (C=O) groups is 1. The lowest BCUT2D eigenvalue weighted by atomic mass is 10.1. The standard InChI is InChI=1S/C18H17N3O2/c22-16(12-6-9-13-7-2-1-3-8-13)20-21-17-14-10-4-5-11-15(14)19-18(17)23/h1-5,7-8,10-11,19,23H,6,9,12H2. The van der Waals surface area contributed by atoms with Gasteiger partial charge >= 0.3 is 0 Å². The number of H-pyrrole nitrogens is 1. The van der Waals surface area contributed by atoms with Gasteiger partial charge in [0.05, 0.1) is 5.52 Å². The maximum absolute atomic E-state index is 11.8. The zero-order valence-corrected chi connectivity index (χ0v) is 12.6. The molecule has 0 spiro atoms. The van der Waals surface area contributed by atoms with Gasteiger partial charge < -0.3 is 10.1 Å². The Balaban J connectivity index is 1.60. The number of para-hydroxylation sites is 1. The first-order valence-corrected chi connectivity index (χ1v) is 7.52. The highest BCUT2D eigenvalue weighted by molar-refractivity contribution is 5.94. The molecule has 0 aliphatic heterocycles. The van der Waals surface area contributed by atoms with Crippen LogP contribution in [0.3, 0.4) is 0 Å². The van der Waals surface area contributed by atoms with Crippen molar-refractivity contribution >= 4 is 22.5 Å².